The van der Waals surface area contributed by atoms with Gasteiger partial charge in [0.1, 0.15) is 18.6 Å². The van der Waals surface area contributed by atoms with E-state index in [2.05, 4.69) is 51.3 Å². The predicted octanol–water partition coefficient (Wildman–Crippen LogP) is 9.35. The maximum Gasteiger partial charge on any atom is 0.416 e. The van der Waals surface area contributed by atoms with Crippen molar-refractivity contribution in [3.8, 4) is 21.6 Å². The molecule has 4 aromatic carbocycles. The Morgan fingerprint density at radius 2 is 1.54 bits per heavy atom. The average Bonchev–Trinajstić information content (AvgIpc) is 4.17. The number of halogens is 3. The molecule has 18 nitrogen and oxygen atoms in total. The molecule has 2 fully saturated rings. The lowest BCUT2D eigenvalue weighted by Crippen LogP contribution is -2.57. The zero-order chi connectivity index (χ0) is 59.0. The first-order chi connectivity index (χ1) is 39.7. The fourth-order valence-electron chi connectivity index (χ4n) is 10.6. The zero-order valence-corrected chi connectivity index (χ0v) is 48.1. The number of carbonyl (C=O) groups is 5. The van der Waals surface area contributed by atoms with Crippen LogP contribution in [0.1, 0.15) is 98.5 Å². The number of carbonyl (C=O) groups excluding carboxylic acids is 5. The first kappa shape index (κ1) is 59.7. The first-order valence-electron chi connectivity index (χ1n) is 28.1. The molecule has 2 saturated heterocycles. The molecule has 3 unspecified atom stereocenters. The van der Waals surface area contributed by atoms with Gasteiger partial charge >= 0.3 is 6.18 Å². The number of β-amino-alcohol motifs (C(OH)–C–C–N with tert-alkyl or cyclic N) is 1. The van der Waals surface area contributed by atoms with Crippen molar-refractivity contribution in [1.29, 1.82) is 0 Å². The molecule has 6 N–H and O–H groups in total. The first-order valence-corrected chi connectivity index (χ1v) is 29.0. The van der Waals surface area contributed by atoms with Gasteiger partial charge < -0.3 is 36.2 Å². The molecule has 0 aliphatic carbocycles. The number of hydrogen-bond donors (Lipinski definition) is 6. The number of likely N-dealkylation sites (tertiary alicyclic amines) is 1. The van der Waals surface area contributed by atoms with Crippen molar-refractivity contribution in [2.75, 3.05) is 54.8 Å². The molecular weight excluding hydrogens is 1090 g/mol. The molecule has 2 aliphatic rings. The molecule has 5 heterocycles. The van der Waals surface area contributed by atoms with Crippen molar-refractivity contribution in [2.24, 2.45) is 5.41 Å². The second kappa shape index (κ2) is 26.1. The standard InChI is InChI=1S/C61H71F3N12O6S/c1-38-12-20-45(30-49(38)61(62,63)64)68-53(79)36-75-34-44(33-67-75)43-19-23-48-50(29-43)71-72-56(48)70-57(80)42-17-21-46(22-18-42)74-27-25-73(26-28-74)24-10-8-6-7-9-11-52(78)69-55(60(3,4)5)59(82)76-35-47(77)31-51(76)58(81)65-32-40-13-15-41(16-14-40)54-39(2)66-37-83-54/h12-23,29-30,33-34,37,47,51,55,77H,6-11,24-28,31-32,35-36H2,1-5H3,(H,65,81)(H,68,79)(H,69,78)(H2,70,71,72,80). The molecule has 2 aliphatic heterocycles. The number of thiazole rings is 1. The summed E-state index contributed by atoms with van der Waals surface area (Å²) in [6.45, 7) is 13.6. The molecule has 0 spiro atoms. The van der Waals surface area contributed by atoms with Crippen LogP contribution in [0.25, 0.3) is 32.5 Å². The van der Waals surface area contributed by atoms with Gasteiger partial charge in [-0.2, -0.15) is 23.4 Å². The lowest BCUT2D eigenvalue weighted by atomic mass is 9.85. The van der Waals surface area contributed by atoms with E-state index in [1.54, 1.807) is 35.9 Å². The number of unbranched alkanes of at least 4 members (excludes halogenated alkanes) is 4. The predicted molar refractivity (Wildman–Crippen MR) is 315 cm³/mol. The van der Waals surface area contributed by atoms with Crippen molar-refractivity contribution in [2.45, 2.75) is 117 Å². The fraction of sp³-hybridized carbons (Fsp3) is 0.410. The Hall–Kier alpha value is -7.95. The maximum absolute atomic E-state index is 14.1. The molecule has 3 atom stereocenters. The number of benzene rings is 4. The summed E-state index contributed by atoms with van der Waals surface area (Å²) in [5.41, 5.74) is 7.04. The SMILES string of the molecule is Cc1ccc(NC(=O)Cn2cc(-c3ccc4c(NC(=O)c5ccc(N6CCN(CCCCCCCC(=O)NC(C(=O)N7CC(O)CC7C(=O)NCc7ccc(-c8scnc8C)cc7)C(C)(C)C)CC6)cc5)n[nH]c4c3)cn2)cc1C(F)(F)F. The number of aryl methyl sites for hydroxylation is 2. The number of piperazine rings is 1. The van der Waals surface area contributed by atoms with Gasteiger partial charge in [0.15, 0.2) is 5.82 Å². The number of anilines is 3. The third-order valence-electron chi connectivity index (χ3n) is 15.4. The van der Waals surface area contributed by atoms with Crippen LogP contribution in [0.5, 0.6) is 0 Å². The van der Waals surface area contributed by atoms with Gasteiger partial charge in [-0.1, -0.05) is 76.4 Å². The molecule has 5 amide bonds. The number of aliphatic hydroxyl groups excluding tert-OH is 1. The quantitative estimate of drug-likeness (QED) is 0.0372. The number of nitrogens with zero attached hydrogens (tertiary/aromatic N) is 7. The highest BCUT2D eigenvalue weighted by atomic mass is 32.1. The summed E-state index contributed by atoms with van der Waals surface area (Å²) >= 11 is 1.58. The Kier molecular flexibility index (Phi) is 18.8. The normalized spacial score (nSPS) is 16.3. The summed E-state index contributed by atoms with van der Waals surface area (Å²) in [5, 5.41) is 34.3. The van der Waals surface area contributed by atoms with Crippen molar-refractivity contribution in [1.82, 2.24) is 45.4 Å². The molecule has 22 heteroatoms. The minimum absolute atomic E-state index is 0.0180. The second-order valence-corrected chi connectivity index (χ2v) is 23.5. The molecular formula is C61H71F3N12O6S. The van der Waals surface area contributed by atoms with E-state index in [1.807, 2.05) is 87.8 Å². The summed E-state index contributed by atoms with van der Waals surface area (Å²) in [6.07, 6.45) is 2.92. The lowest BCUT2D eigenvalue weighted by Gasteiger charge is -2.36. The molecule has 83 heavy (non-hydrogen) atoms. The molecule has 7 aromatic rings. The highest BCUT2D eigenvalue weighted by Gasteiger charge is 2.44. The van der Waals surface area contributed by atoms with Crippen LogP contribution in [0, 0.1) is 19.3 Å². The minimum Gasteiger partial charge on any atom is -0.391 e. The number of H-pyrrole nitrogens is 1. The Morgan fingerprint density at radius 1 is 0.819 bits per heavy atom. The molecule has 0 saturated carbocycles. The van der Waals surface area contributed by atoms with E-state index in [0.717, 1.165) is 97.4 Å². The van der Waals surface area contributed by atoms with Gasteiger partial charge in [-0.25, -0.2) is 4.98 Å². The summed E-state index contributed by atoms with van der Waals surface area (Å²) in [7, 11) is 0. The third kappa shape index (κ3) is 15.2. The van der Waals surface area contributed by atoms with Crippen LogP contribution in [0.2, 0.25) is 0 Å². The summed E-state index contributed by atoms with van der Waals surface area (Å²) in [6, 6.07) is 22.9. The number of hydrogen-bond acceptors (Lipinski definition) is 12. The van der Waals surface area contributed by atoms with Gasteiger partial charge in [0.25, 0.3) is 5.91 Å². The number of fused-ring (bicyclic) bond motifs is 1. The average molecular weight is 1160 g/mol. The van der Waals surface area contributed by atoms with Crippen LogP contribution in [-0.4, -0.2) is 127 Å². The number of amides is 5. The topological polar surface area (TPSA) is 223 Å². The van der Waals surface area contributed by atoms with Crippen molar-refractivity contribution < 1.29 is 42.3 Å². The molecule has 3 aromatic heterocycles. The van der Waals surface area contributed by atoms with Crippen LogP contribution in [-0.2, 0) is 38.4 Å². The maximum atomic E-state index is 14.1. The molecule has 0 radical (unpaired) electrons. The van der Waals surface area contributed by atoms with E-state index < -0.39 is 41.2 Å². The number of alkyl halides is 3. The smallest absolute Gasteiger partial charge is 0.391 e. The zero-order valence-electron chi connectivity index (χ0n) is 47.3. The third-order valence-corrected chi connectivity index (χ3v) is 16.3. The van der Waals surface area contributed by atoms with Crippen molar-refractivity contribution in [3.05, 3.63) is 131 Å². The van der Waals surface area contributed by atoms with E-state index in [9.17, 15) is 42.3 Å². The largest absolute Gasteiger partial charge is 0.416 e. The van der Waals surface area contributed by atoms with Crippen LogP contribution in [0.3, 0.4) is 0 Å². The minimum atomic E-state index is -4.54. The number of aromatic amines is 1. The Labute approximate surface area is 484 Å². The Balaban J connectivity index is 0.653. The monoisotopic (exact) mass is 1160 g/mol. The highest BCUT2D eigenvalue weighted by Crippen LogP contribution is 2.34. The number of nitrogens with one attached hydrogen (secondary N) is 5. The van der Waals surface area contributed by atoms with Gasteiger partial charge in [-0.05, 0) is 109 Å². The van der Waals surface area contributed by atoms with Gasteiger partial charge in [0, 0.05) is 86.2 Å². The van der Waals surface area contributed by atoms with Gasteiger partial charge in [0.2, 0.25) is 23.6 Å². The molecule has 0 bridgehead atoms. The fourth-order valence-corrected chi connectivity index (χ4v) is 11.5. The van der Waals surface area contributed by atoms with E-state index in [4.69, 9.17) is 0 Å². The summed E-state index contributed by atoms with van der Waals surface area (Å²) in [4.78, 5) is 78.6. The lowest BCUT2D eigenvalue weighted by molar-refractivity contribution is -0.144. The number of aliphatic hydroxyl groups is 1. The Bertz CT molecular complexity index is 3420. The van der Waals surface area contributed by atoms with Gasteiger partial charge in [0.05, 0.1) is 39.5 Å². The molecule has 438 valence electrons. The van der Waals surface area contributed by atoms with Crippen LogP contribution in [0.4, 0.5) is 30.4 Å². The number of aromatic nitrogens is 5. The highest BCUT2D eigenvalue weighted by molar-refractivity contribution is 7.13. The van der Waals surface area contributed by atoms with E-state index in [0.29, 0.717) is 34.3 Å². The van der Waals surface area contributed by atoms with Crippen molar-refractivity contribution in [3.63, 3.8) is 0 Å². The van der Waals surface area contributed by atoms with E-state index in [-0.39, 0.29) is 67.4 Å². The van der Waals surface area contributed by atoms with Crippen LogP contribution < -0.4 is 26.2 Å². The summed E-state index contributed by atoms with van der Waals surface area (Å²) < 4.78 is 41.5. The molecule has 9 rings (SSSR count). The summed E-state index contributed by atoms with van der Waals surface area (Å²) in [5.74, 6) is -1.40. The van der Waals surface area contributed by atoms with Gasteiger partial charge in [-0.3, -0.25) is 38.7 Å². The van der Waals surface area contributed by atoms with E-state index in [1.165, 1.54) is 28.6 Å². The van der Waals surface area contributed by atoms with Crippen LogP contribution >= 0.6 is 11.3 Å². The Morgan fingerprint density at radius 3 is 2.25 bits per heavy atom. The number of rotatable bonds is 21. The van der Waals surface area contributed by atoms with Gasteiger partial charge in [-0.15, -0.1) is 11.3 Å². The second-order valence-electron chi connectivity index (χ2n) is 22.6. The van der Waals surface area contributed by atoms with Crippen molar-refractivity contribution >= 4 is 69.0 Å². The van der Waals surface area contributed by atoms with Crippen LogP contribution in [0.15, 0.2) is 103 Å². The van der Waals surface area contributed by atoms with E-state index >= 15 is 0 Å².